The van der Waals surface area contributed by atoms with E-state index in [1.807, 2.05) is 13.1 Å². The maximum Gasteiger partial charge on any atom is 0.534 e. The predicted octanol–water partition coefficient (Wildman–Crippen LogP) is 3.55. The van der Waals surface area contributed by atoms with Gasteiger partial charge in [-0.2, -0.15) is 21.6 Å². The molecule has 0 spiro atoms. The fourth-order valence-corrected chi connectivity index (χ4v) is 4.99. The molecule has 144 valence electrons. The molecule has 2 rings (SSSR count). The molecular weight excluding hydrogens is 476 g/mol. The minimum Gasteiger partial charge on any atom is -0.374 e. The van der Waals surface area contributed by atoms with Crippen molar-refractivity contribution in [3.8, 4) is 5.75 Å². The van der Waals surface area contributed by atoms with Crippen molar-refractivity contribution in [2.24, 2.45) is 0 Å². The second-order valence-electron chi connectivity index (χ2n) is 6.56. The van der Waals surface area contributed by atoms with Crippen LogP contribution < -0.4 is 7.76 Å². The van der Waals surface area contributed by atoms with Gasteiger partial charge < -0.3 is 4.18 Å². The quantitative estimate of drug-likeness (QED) is 0.369. The molecule has 0 saturated heterocycles. The zero-order valence-electron chi connectivity index (χ0n) is 15.1. The third-order valence-corrected chi connectivity index (χ3v) is 9.92. The summed E-state index contributed by atoms with van der Waals surface area (Å²) in [5.74, 6) is -0.474. The molecule has 0 atom stereocenters. The number of hydrogen-bond donors (Lipinski definition) is 0. The first kappa shape index (κ1) is 22.7. The number of rotatable bonds is 3. The van der Waals surface area contributed by atoms with E-state index in [1.54, 1.807) is 6.92 Å². The van der Waals surface area contributed by atoms with Gasteiger partial charge in [-0.05, 0) is 19.1 Å². The van der Waals surface area contributed by atoms with Crippen LogP contribution in [0.5, 0.6) is 5.75 Å². The summed E-state index contributed by atoms with van der Waals surface area (Å²) in [5, 5.41) is 0. The summed E-state index contributed by atoms with van der Waals surface area (Å²) >= 11 is -1.81. The van der Waals surface area contributed by atoms with Crippen molar-refractivity contribution in [3.05, 3.63) is 48.0 Å². The summed E-state index contributed by atoms with van der Waals surface area (Å²) < 4.78 is 62.0. The average molecular weight is 497 g/mol. The van der Waals surface area contributed by atoms with Gasteiger partial charge in [-0.3, -0.25) is 4.98 Å². The molecule has 5 nitrogen and oxygen atoms in total. The Morgan fingerprint density at radius 1 is 0.923 bits per heavy atom. The summed E-state index contributed by atoms with van der Waals surface area (Å²) in [6, 6.07) is 6.77. The number of pyridine rings is 2. The number of halogens is 3. The number of aryl methyl sites for hydroxylation is 2. The fourth-order valence-electron chi connectivity index (χ4n) is 1.59. The van der Waals surface area contributed by atoms with E-state index >= 15 is 0 Å². The molecule has 0 aliphatic heterocycles. The third kappa shape index (κ3) is 7.10. The number of hydrogen-bond acceptors (Lipinski definition) is 5. The van der Waals surface area contributed by atoms with E-state index in [-0.39, 0.29) is 0 Å². The summed E-state index contributed by atoms with van der Waals surface area (Å²) in [5.41, 5.74) is -3.78. The Balaban J connectivity index is 0.000000273. The summed E-state index contributed by atoms with van der Waals surface area (Å²) in [7, 11) is -5.60. The van der Waals surface area contributed by atoms with Crippen LogP contribution in [-0.4, -0.2) is 42.3 Å². The van der Waals surface area contributed by atoms with E-state index in [4.69, 9.17) is 0 Å². The largest absolute Gasteiger partial charge is 0.534 e. The van der Waals surface area contributed by atoms with E-state index in [1.165, 1.54) is 9.65 Å². The van der Waals surface area contributed by atoms with Crippen molar-refractivity contribution in [2.45, 2.75) is 34.2 Å². The summed E-state index contributed by atoms with van der Waals surface area (Å²) in [6.07, 6.45) is 2.95. The van der Waals surface area contributed by atoms with E-state index in [0.717, 1.165) is 18.0 Å². The van der Waals surface area contributed by atoms with Crippen LogP contribution in [0, 0.1) is 13.8 Å². The smallest absolute Gasteiger partial charge is 0.374 e. The number of alkyl halides is 3. The van der Waals surface area contributed by atoms with Crippen molar-refractivity contribution in [1.82, 2.24) is 9.97 Å². The molecule has 26 heavy (non-hydrogen) atoms. The van der Waals surface area contributed by atoms with Crippen LogP contribution in [-0.2, 0) is 10.1 Å². The van der Waals surface area contributed by atoms with Gasteiger partial charge in [0.1, 0.15) is 0 Å². The molecule has 0 N–H and O–H groups in total. The molecule has 2 aromatic heterocycles. The molecule has 0 saturated carbocycles. The van der Waals surface area contributed by atoms with Crippen LogP contribution in [0.3, 0.4) is 0 Å². The molecule has 2 aromatic rings. The zero-order chi connectivity index (χ0) is 20.2. The average Bonchev–Trinajstić information content (AvgIpc) is 2.48. The van der Waals surface area contributed by atoms with Gasteiger partial charge in [0, 0.05) is 5.69 Å². The van der Waals surface area contributed by atoms with E-state index in [0.29, 0.717) is 5.69 Å². The Bertz CT molecular complexity index is 816. The van der Waals surface area contributed by atoms with Gasteiger partial charge in [0.2, 0.25) is 0 Å². The van der Waals surface area contributed by atoms with Gasteiger partial charge in [-0.25, -0.2) is 0 Å². The van der Waals surface area contributed by atoms with Crippen LogP contribution in [0.2, 0.25) is 14.8 Å². The van der Waals surface area contributed by atoms with Crippen LogP contribution in [0.4, 0.5) is 13.2 Å². The molecule has 0 fully saturated rings. The maximum absolute atomic E-state index is 11.9. The van der Waals surface area contributed by atoms with Crippen molar-refractivity contribution < 1.29 is 25.8 Å². The standard InChI is InChI=1S/C7H6F3NO3S.C6H6N.3CH3.Sn/c1-5-2-3-6(4-11-5)14-15(12,13)7(8,9)10;1-6-4-2-3-5-7-6;;;;/h2-4H,1H3;2,4-5H,1H3;3*1H3;. The fraction of sp³-hybridized carbons (Fsp3) is 0.375. The Kier molecular flexibility index (Phi) is 7.46. The molecule has 0 unspecified atom stereocenters. The van der Waals surface area contributed by atoms with E-state index in [2.05, 4.69) is 41.1 Å². The van der Waals surface area contributed by atoms with E-state index < -0.39 is 39.8 Å². The molecule has 0 aliphatic carbocycles. The van der Waals surface area contributed by atoms with Crippen LogP contribution in [0.25, 0.3) is 0 Å². The Morgan fingerprint density at radius 2 is 1.42 bits per heavy atom. The predicted molar refractivity (Wildman–Crippen MR) is 96.5 cm³/mol. The van der Waals surface area contributed by atoms with Crippen LogP contribution in [0.15, 0.2) is 36.7 Å². The van der Waals surface area contributed by atoms with Gasteiger partial charge in [-0.15, -0.1) is 0 Å². The molecule has 0 radical (unpaired) electrons. The Morgan fingerprint density at radius 3 is 1.77 bits per heavy atom. The van der Waals surface area contributed by atoms with Gasteiger partial charge in [0.05, 0.1) is 6.20 Å². The first-order valence-electron chi connectivity index (χ1n) is 7.59. The monoisotopic (exact) mass is 498 g/mol. The minimum absolute atomic E-state index is 0.474. The summed E-state index contributed by atoms with van der Waals surface area (Å²) in [6.45, 7) is 3.63. The molecule has 2 heterocycles. The van der Waals surface area contributed by atoms with E-state index in [9.17, 15) is 21.6 Å². The minimum atomic E-state index is -5.60. The maximum atomic E-state index is 11.9. The molecule has 10 heteroatoms. The van der Waals surface area contributed by atoms with Crippen LogP contribution in [0.1, 0.15) is 11.4 Å². The number of nitrogens with zero attached hydrogens (tertiary/aromatic N) is 2. The van der Waals surface area contributed by atoms with Gasteiger partial charge in [-0.1, -0.05) is 0 Å². The first-order chi connectivity index (χ1) is 11.7. The van der Waals surface area contributed by atoms with Gasteiger partial charge >= 0.3 is 88.3 Å². The second kappa shape index (κ2) is 8.55. The van der Waals surface area contributed by atoms with Gasteiger partial charge in [0.25, 0.3) is 0 Å². The van der Waals surface area contributed by atoms with Crippen molar-refractivity contribution in [1.29, 1.82) is 0 Å². The first-order valence-corrected chi connectivity index (χ1v) is 19.0. The summed E-state index contributed by atoms with van der Waals surface area (Å²) in [4.78, 5) is 15.1. The topological polar surface area (TPSA) is 69.2 Å². The van der Waals surface area contributed by atoms with Crippen molar-refractivity contribution >= 4 is 32.1 Å². The van der Waals surface area contributed by atoms with Crippen molar-refractivity contribution in [2.75, 3.05) is 0 Å². The normalized spacial score (nSPS) is 12.2. The Hall–Kier alpha value is -1.36. The molecular formula is C16H21F3N2O3SSn. The molecule has 0 amide bonds. The molecule has 0 bridgehead atoms. The van der Waals surface area contributed by atoms with Crippen molar-refractivity contribution in [3.63, 3.8) is 0 Å². The Labute approximate surface area is 155 Å². The SMILES string of the molecule is Cc1cc[c]([Sn]([CH3])([CH3])[CH3])cn1.Cc1ccc(OS(=O)(=O)C(F)(F)F)cn1. The zero-order valence-corrected chi connectivity index (χ0v) is 18.8. The number of aromatic nitrogens is 2. The molecule has 0 aliphatic rings. The molecule has 0 aromatic carbocycles. The second-order valence-corrected chi connectivity index (χ2v) is 22.6. The third-order valence-electron chi connectivity index (χ3n) is 3.15. The van der Waals surface area contributed by atoms with Crippen LogP contribution >= 0.6 is 0 Å². The van der Waals surface area contributed by atoms with Gasteiger partial charge in [0.15, 0.2) is 5.75 Å².